The lowest BCUT2D eigenvalue weighted by atomic mass is 10.0. The van der Waals surface area contributed by atoms with Gasteiger partial charge >= 0.3 is 0 Å². The Hall–Kier alpha value is -1.06. The number of nitrogens with one attached hydrogen (secondary N) is 1. The summed E-state index contributed by atoms with van der Waals surface area (Å²) in [6, 6.07) is 9.78. The second-order valence-corrected chi connectivity index (χ2v) is 3.64. The Balaban J connectivity index is 2.65. The minimum absolute atomic E-state index is 0.0374. The zero-order valence-electron chi connectivity index (χ0n) is 8.66. The van der Waals surface area contributed by atoms with Gasteiger partial charge in [-0.05, 0) is 19.1 Å². The molecule has 1 rings (SSSR count). The van der Waals surface area contributed by atoms with Crippen LogP contribution in [0.2, 0.25) is 0 Å². The van der Waals surface area contributed by atoms with Crippen LogP contribution in [0.5, 0.6) is 0 Å². The van der Waals surface area contributed by atoms with Crippen LogP contribution in [0.1, 0.15) is 6.92 Å². The highest BCUT2D eigenvalue weighted by Gasteiger charge is 2.22. The van der Waals surface area contributed by atoms with E-state index in [4.69, 9.17) is 4.74 Å². The molecule has 1 aromatic rings. The maximum Gasteiger partial charge on any atom is 0.0808 e. The normalized spacial score (nSPS) is 14.8. The SMILES string of the molecule is COCC(C)(CO)Nc1ccccc1. The molecule has 1 aromatic carbocycles. The summed E-state index contributed by atoms with van der Waals surface area (Å²) in [5.74, 6) is 0. The largest absolute Gasteiger partial charge is 0.394 e. The zero-order valence-corrected chi connectivity index (χ0v) is 8.66. The van der Waals surface area contributed by atoms with Crippen molar-refractivity contribution in [2.24, 2.45) is 0 Å². The fraction of sp³-hybridized carbons (Fsp3) is 0.455. The molecule has 0 aliphatic rings. The standard InChI is InChI=1S/C11H17NO2/c1-11(8-13,9-14-2)12-10-6-4-3-5-7-10/h3-7,12-13H,8-9H2,1-2H3. The zero-order chi connectivity index (χ0) is 10.4. The molecule has 3 heteroatoms. The summed E-state index contributed by atoms with van der Waals surface area (Å²) < 4.78 is 5.05. The lowest BCUT2D eigenvalue weighted by molar-refractivity contribution is 0.108. The molecule has 78 valence electrons. The van der Waals surface area contributed by atoms with Gasteiger partial charge in [0.2, 0.25) is 0 Å². The molecule has 0 spiro atoms. The lowest BCUT2D eigenvalue weighted by Gasteiger charge is -2.28. The van der Waals surface area contributed by atoms with Crippen molar-refractivity contribution < 1.29 is 9.84 Å². The van der Waals surface area contributed by atoms with Gasteiger partial charge in [-0.2, -0.15) is 0 Å². The minimum atomic E-state index is -0.421. The van der Waals surface area contributed by atoms with Crippen molar-refractivity contribution in [3.05, 3.63) is 30.3 Å². The minimum Gasteiger partial charge on any atom is -0.394 e. The summed E-state index contributed by atoms with van der Waals surface area (Å²) in [5, 5.41) is 12.5. The highest BCUT2D eigenvalue weighted by molar-refractivity contribution is 5.45. The van der Waals surface area contributed by atoms with Crippen LogP contribution in [-0.4, -0.2) is 31.0 Å². The van der Waals surface area contributed by atoms with Crippen LogP contribution in [0.4, 0.5) is 5.69 Å². The van der Waals surface area contributed by atoms with E-state index in [1.54, 1.807) is 7.11 Å². The number of hydrogen-bond acceptors (Lipinski definition) is 3. The molecule has 14 heavy (non-hydrogen) atoms. The molecule has 3 nitrogen and oxygen atoms in total. The lowest BCUT2D eigenvalue weighted by Crippen LogP contribution is -2.43. The first-order valence-corrected chi connectivity index (χ1v) is 4.63. The van der Waals surface area contributed by atoms with Crippen LogP contribution in [0.3, 0.4) is 0 Å². The van der Waals surface area contributed by atoms with E-state index in [2.05, 4.69) is 5.32 Å². The number of hydrogen-bond donors (Lipinski definition) is 2. The second-order valence-electron chi connectivity index (χ2n) is 3.64. The summed E-state index contributed by atoms with van der Waals surface area (Å²) in [5.41, 5.74) is 0.567. The van der Waals surface area contributed by atoms with Gasteiger partial charge in [-0.1, -0.05) is 18.2 Å². The van der Waals surface area contributed by atoms with E-state index in [-0.39, 0.29) is 6.61 Å². The van der Waals surface area contributed by atoms with Crippen LogP contribution >= 0.6 is 0 Å². The van der Waals surface area contributed by atoms with Gasteiger partial charge in [0.05, 0.1) is 18.8 Å². The Labute approximate surface area is 84.7 Å². The van der Waals surface area contributed by atoms with Crippen molar-refractivity contribution in [3.8, 4) is 0 Å². The third-order valence-electron chi connectivity index (χ3n) is 2.03. The molecule has 2 N–H and O–H groups in total. The first-order chi connectivity index (χ1) is 6.70. The topological polar surface area (TPSA) is 41.5 Å². The maximum absolute atomic E-state index is 9.24. The Kier molecular flexibility index (Phi) is 3.92. The van der Waals surface area contributed by atoms with Gasteiger partial charge in [-0.25, -0.2) is 0 Å². The molecule has 1 atom stereocenters. The van der Waals surface area contributed by atoms with E-state index >= 15 is 0 Å². The molecule has 0 amide bonds. The summed E-state index contributed by atoms with van der Waals surface area (Å²) in [4.78, 5) is 0. The monoisotopic (exact) mass is 195 g/mol. The number of anilines is 1. The van der Waals surface area contributed by atoms with E-state index < -0.39 is 5.54 Å². The van der Waals surface area contributed by atoms with Crippen LogP contribution in [0.15, 0.2) is 30.3 Å². The van der Waals surface area contributed by atoms with Gasteiger partial charge in [0.15, 0.2) is 0 Å². The van der Waals surface area contributed by atoms with Gasteiger partial charge in [-0.3, -0.25) is 0 Å². The smallest absolute Gasteiger partial charge is 0.0808 e. The van der Waals surface area contributed by atoms with Gasteiger partial charge in [0, 0.05) is 12.8 Å². The van der Waals surface area contributed by atoms with Crippen LogP contribution < -0.4 is 5.32 Å². The second kappa shape index (κ2) is 4.98. The van der Waals surface area contributed by atoms with Crippen molar-refractivity contribution in [1.82, 2.24) is 0 Å². The molecule has 0 heterocycles. The van der Waals surface area contributed by atoms with E-state index in [0.717, 1.165) is 5.69 Å². The van der Waals surface area contributed by atoms with Gasteiger partial charge in [0.25, 0.3) is 0 Å². The summed E-state index contributed by atoms with van der Waals surface area (Å²) in [6.45, 7) is 2.43. The molecular formula is C11H17NO2. The number of ether oxygens (including phenoxy) is 1. The Morgan fingerprint density at radius 2 is 2.00 bits per heavy atom. The first-order valence-electron chi connectivity index (χ1n) is 4.63. The molecule has 0 fully saturated rings. The van der Waals surface area contributed by atoms with Gasteiger partial charge in [0.1, 0.15) is 0 Å². The van der Waals surface area contributed by atoms with E-state index in [1.165, 1.54) is 0 Å². The van der Waals surface area contributed by atoms with E-state index in [9.17, 15) is 5.11 Å². The molecule has 0 saturated carbocycles. The number of methoxy groups -OCH3 is 1. The third kappa shape index (κ3) is 3.01. The molecule has 1 unspecified atom stereocenters. The fourth-order valence-corrected chi connectivity index (χ4v) is 1.31. The van der Waals surface area contributed by atoms with Gasteiger partial charge < -0.3 is 15.2 Å². The Morgan fingerprint density at radius 1 is 1.36 bits per heavy atom. The summed E-state index contributed by atoms with van der Waals surface area (Å²) in [7, 11) is 1.63. The third-order valence-corrected chi connectivity index (χ3v) is 2.03. The fourth-order valence-electron chi connectivity index (χ4n) is 1.31. The predicted octanol–water partition coefficient (Wildman–Crippen LogP) is 1.50. The van der Waals surface area contributed by atoms with Crippen molar-refractivity contribution in [2.75, 3.05) is 25.6 Å². The van der Waals surface area contributed by atoms with Crippen LogP contribution in [0, 0.1) is 0 Å². The molecule has 0 aliphatic carbocycles. The average Bonchev–Trinajstić information content (AvgIpc) is 2.20. The maximum atomic E-state index is 9.24. The number of aliphatic hydroxyl groups excluding tert-OH is 1. The van der Waals surface area contributed by atoms with Crippen LogP contribution in [-0.2, 0) is 4.74 Å². The van der Waals surface area contributed by atoms with Crippen LogP contribution in [0.25, 0.3) is 0 Å². The molecule has 0 aliphatic heterocycles. The van der Waals surface area contributed by atoms with Crippen molar-refractivity contribution in [1.29, 1.82) is 0 Å². The highest BCUT2D eigenvalue weighted by Crippen LogP contribution is 2.14. The molecular weight excluding hydrogens is 178 g/mol. The number of aliphatic hydroxyl groups is 1. The Morgan fingerprint density at radius 3 is 2.50 bits per heavy atom. The average molecular weight is 195 g/mol. The Bertz CT molecular complexity index is 263. The van der Waals surface area contributed by atoms with Crippen molar-refractivity contribution >= 4 is 5.69 Å². The van der Waals surface area contributed by atoms with Crippen molar-refractivity contribution in [2.45, 2.75) is 12.5 Å². The van der Waals surface area contributed by atoms with Crippen molar-refractivity contribution in [3.63, 3.8) is 0 Å². The quantitative estimate of drug-likeness (QED) is 0.748. The number of benzene rings is 1. The predicted molar refractivity (Wildman–Crippen MR) is 57.4 cm³/mol. The molecule has 0 aromatic heterocycles. The molecule has 0 radical (unpaired) electrons. The molecule has 0 saturated heterocycles. The summed E-state index contributed by atoms with van der Waals surface area (Å²) >= 11 is 0. The van der Waals surface area contributed by atoms with E-state index in [1.807, 2.05) is 37.3 Å². The number of rotatable bonds is 5. The van der Waals surface area contributed by atoms with Gasteiger partial charge in [-0.15, -0.1) is 0 Å². The highest BCUT2D eigenvalue weighted by atomic mass is 16.5. The molecule has 0 bridgehead atoms. The summed E-state index contributed by atoms with van der Waals surface area (Å²) in [6.07, 6.45) is 0. The van der Waals surface area contributed by atoms with E-state index in [0.29, 0.717) is 6.61 Å². The first kappa shape index (κ1) is 11.0. The number of para-hydroxylation sites is 1.